The molecule has 2 rings (SSSR count). The standard InChI is InChI=1S/C12H13N3OS/c1-8-5-9(3-4-11(8)12(13)17)16-10-6-14-15(2)7-10/h3-7H,1-2H3,(H2,13,17). The summed E-state index contributed by atoms with van der Waals surface area (Å²) < 4.78 is 7.33. The van der Waals surface area contributed by atoms with Gasteiger partial charge in [-0.25, -0.2) is 0 Å². The first-order valence-corrected chi connectivity index (χ1v) is 5.54. The van der Waals surface area contributed by atoms with Gasteiger partial charge in [0.2, 0.25) is 0 Å². The lowest BCUT2D eigenvalue weighted by Gasteiger charge is -2.07. The first kappa shape index (κ1) is 11.6. The number of aromatic nitrogens is 2. The molecule has 0 unspecified atom stereocenters. The van der Waals surface area contributed by atoms with Gasteiger partial charge in [0.05, 0.1) is 12.4 Å². The van der Waals surface area contributed by atoms with Gasteiger partial charge < -0.3 is 10.5 Å². The molecule has 5 heteroatoms. The molecule has 0 saturated heterocycles. The van der Waals surface area contributed by atoms with E-state index in [-0.39, 0.29) is 0 Å². The minimum atomic E-state index is 0.399. The van der Waals surface area contributed by atoms with Gasteiger partial charge in [-0.2, -0.15) is 5.10 Å². The van der Waals surface area contributed by atoms with E-state index in [9.17, 15) is 0 Å². The van der Waals surface area contributed by atoms with Gasteiger partial charge in [0.1, 0.15) is 10.7 Å². The second kappa shape index (κ2) is 4.55. The monoisotopic (exact) mass is 247 g/mol. The number of hydrogen-bond donors (Lipinski definition) is 1. The second-order valence-corrected chi connectivity index (χ2v) is 4.23. The van der Waals surface area contributed by atoms with Crippen LogP contribution in [-0.2, 0) is 7.05 Å². The molecule has 1 heterocycles. The smallest absolute Gasteiger partial charge is 0.165 e. The Balaban J connectivity index is 2.23. The predicted octanol–water partition coefficient (Wildman–Crippen LogP) is 2.16. The highest BCUT2D eigenvalue weighted by molar-refractivity contribution is 7.80. The van der Waals surface area contributed by atoms with Gasteiger partial charge in [0.15, 0.2) is 5.75 Å². The number of ether oxygens (including phenoxy) is 1. The van der Waals surface area contributed by atoms with Crippen LogP contribution in [0.1, 0.15) is 11.1 Å². The Kier molecular flexibility index (Phi) is 3.10. The van der Waals surface area contributed by atoms with Crippen molar-refractivity contribution < 1.29 is 4.74 Å². The van der Waals surface area contributed by atoms with Crippen LogP contribution in [0, 0.1) is 6.92 Å². The van der Waals surface area contributed by atoms with Crippen LogP contribution in [0.15, 0.2) is 30.6 Å². The van der Waals surface area contributed by atoms with E-state index < -0.39 is 0 Å². The summed E-state index contributed by atoms with van der Waals surface area (Å²) in [6, 6.07) is 5.61. The molecule has 0 aliphatic heterocycles. The van der Waals surface area contributed by atoms with Crippen LogP contribution in [0.4, 0.5) is 0 Å². The molecule has 1 aromatic heterocycles. The van der Waals surface area contributed by atoms with Crippen molar-refractivity contribution in [1.29, 1.82) is 0 Å². The predicted molar refractivity (Wildman–Crippen MR) is 70.3 cm³/mol. The molecule has 0 aliphatic carbocycles. The van der Waals surface area contributed by atoms with Gasteiger partial charge in [-0.15, -0.1) is 0 Å². The van der Waals surface area contributed by atoms with E-state index in [4.69, 9.17) is 22.7 Å². The first-order valence-electron chi connectivity index (χ1n) is 5.13. The van der Waals surface area contributed by atoms with E-state index in [2.05, 4.69) is 5.10 Å². The lowest BCUT2D eigenvalue weighted by Crippen LogP contribution is -2.10. The minimum Gasteiger partial charge on any atom is -0.454 e. The van der Waals surface area contributed by atoms with Gasteiger partial charge in [-0.05, 0) is 30.7 Å². The molecule has 0 fully saturated rings. The van der Waals surface area contributed by atoms with E-state index in [0.29, 0.717) is 10.7 Å². The summed E-state index contributed by atoms with van der Waals surface area (Å²) in [6.45, 7) is 1.95. The van der Waals surface area contributed by atoms with E-state index in [1.54, 1.807) is 17.1 Å². The molecule has 0 aliphatic rings. The number of rotatable bonds is 3. The third-order valence-corrected chi connectivity index (χ3v) is 2.60. The zero-order valence-electron chi connectivity index (χ0n) is 9.68. The number of hydrogen-bond acceptors (Lipinski definition) is 3. The quantitative estimate of drug-likeness (QED) is 0.844. The topological polar surface area (TPSA) is 53.1 Å². The average molecular weight is 247 g/mol. The number of thiocarbonyl (C=S) groups is 1. The summed E-state index contributed by atoms with van der Waals surface area (Å²) >= 11 is 4.95. The molecule has 1 aromatic carbocycles. The van der Waals surface area contributed by atoms with Crippen LogP contribution in [-0.4, -0.2) is 14.8 Å². The van der Waals surface area contributed by atoms with Gasteiger partial charge in [0.25, 0.3) is 0 Å². The van der Waals surface area contributed by atoms with Crippen LogP contribution in [0.25, 0.3) is 0 Å². The van der Waals surface area contributed by atoms with Crippen molar-refractivity contribution in [2.24, 2.45) is 12.8 Å². The summed E-state index contributed by atoms with van der Waals surface area (Å²) in [6.07, 6.45) is 3.47. The molecule has 0 spiro atoms. The molecule has 0 amide bonds. The second-order valence-electron chi connectivity index (χ2n) is 3.79. The molecular weight excluding hydrogens is 234 g/mol. The number of aryl methyl sites for hydroxylation is 2. The van der Waals surface area contributed by atoms with Crippen molar-refractivity contribution in [1.82, 2.24) is 9.78 Å². The van der Waals surface area contributed by atoms with Crippen LogP contribution in [0.3, 0.4) is 0 Å². The van der Waals surface area contributed by atoms with Gasteiger partial charge in [-0.3, -0.25) is 4.68 Å². The fraction of sp³-hybridized carbons (Fsp3) is 0.167. The molecule has 2 N–H and O–H groups in total. The van der Waals surface area contributed by atoms with E-state index in [0.717, 1.165) is 16.9 Å². The Bertz CT molecular complexity index is 563. The third-order valence-electron chi connectivity index (χ3n) is 2.38. The Morgan fingerprint density at radius 3 is 2.71 bits per heavy atom. The molecule has 88 valence electrons. The number of nitrogens with zero attached hydrogens (tertiary/aromatic N) is 2. The van der Waals surface area contributed by atoms with Crippen molar-refractivity contribution in [2.45, 2.75) is 6.92 Å². The summed E-state index contributed by atoms with van der Waals surface area (Å²) in [5, 5.41) is 4.03. The van der Waals surface area contributed by atoms with Crippen LogP contribution in [0.5, 0.6) is 11.5 Å². The summed E-state index contributed by atoms with van der Waals surface area (Å²) in [4.78, 5) is 0.399. The number of nitrogens with two attached hydrogens (primary N) is 1. The Labute approximate surface area is 105 Å². The van der Waals surface area contributed by atoms with E-state index >= 15 is 0 Å². The molecule has 2 aromatic rings. The van der Waals surface area contributed by atoms with Crippen molar-refractivity contribution >= 4 is 17.2 Å². The zero-order chi connectivity index (χ0) is 12.4. The Hall–Kier alpha value is -1.88. The van der Waals surface area contributed by atoms with E-state index in [1.807, 2.05) is 32.2 Å². The molecule has 0 saturated carbocycles. The van der Waals surface area contributed by atoms with Crippen molar-refractivity contribution in [2.75, 3.05) is 0 Å². The molecule has 0 radical (unpaired) electrons. The van der Waals surface area contributed by atoms with Crippen LogP contribution >= 0.6 is 12.2 Å². The third kappa shape index (κ3) is 2.62. The SMILES string of the molecule is Cc1cc(Oc2cnn(C)c2)ccc1C(N)=S. The van der Waals surface area contributed by atoms with Gasteiger partial charge >= 0.3 is 0 Å². The number of benzene rings is 1. The molecule has 4 nitrogen and oxygen atoms in total. The van der Waals surface area contributed by atoms with Crippen LogP contribution in [0.2, 0.25) is 0 Å². The molecule has 0 atom stereocenters. The highest BCUT2D eigenvalue weighted by Gasteiger charge is 2.04. The van der Waals surface area contributed by atoms with Crippen molar-refractivity contribution in [3.63, 3.8) is 0 Å². The maximum absolute atomic E-state index is 5.65. The Morgan fingerprint density at radius 1 is 1.41 bits per heavy atom. The molecular formula is C12H13N3OS. The Morgan fingerprint density at radius 2 is 2.18 bits per heavy atom. The average Bonchev–Trinajstić information content (AvgIpc) is 2.63. The van der Waals surface area contributed by atoms with E-state index in [1.165, 1.54) is 0 Å². The first-order chi connectivity index (χ1) is 8.06. The normalized spacial score (nSPS) is 10.2. The lowest BCUT2D eigenvalue weighted by atomic mass is 10.1. The van der Waals surface area contributed by atoms with Gasteiger partial charge in [0, 0.05) is 12.6 Å². The summed E-state index contributed by atoms with van der Waals surface area (Å²) in [5.74, 6) is 1.45. The maximum atomic E-state index is 5.65. The molecule has 0 bridgehead atoms. The fourth-order valence-corrected chi connectivity index (χ4v) is 1.79. The zero-order valence-corrected chi connectivity index (χ0v) is 10.5. The highest BCUT2D eigenvalue weighted by Crippen LogP contribution is 2.23. The van der Waals surface area contributed by atoms with Crippen molar-refractivity contribution in [3.8, 4) is 11.5 Å². The largest absolute Gasteiger partial charge is 0.454 e. The summed E-state index contributed by atoms with van der Waals surface area (Å²) in [7, 11) is 1.84. The minimum absolute atomic E-state index is 0.399. The fourth-order valence-electron chi connectivity index (χ4n) is 1.56. The lowest BCUT2D eigenvalue weighted by molar-refractivity contribution is 0.481. The maximum Gasteiger partial charge on any atom is 0.165 e. The van der Waals surface area contributed by atoms with Gasteiger partial charge in [-0.1, -0.05) is 12.2 Å². The molecule has 17 heavy (non-hydrogen) atoms. The van der Waals surface area contributed by atoms with Crippen LogP contribution < -0.4 is 10.5 Å². The summed E-state index contributed by atoms with van der Waals surface area (Å²) in [5.41, 5.74) is 7.47. The highest BCUT2D eigenvalue weighted by atomic mass is 32.1. The van der Waals surface area contributed by atoms with Crippen molar-refractivity contribution in [3.05, 3.63) is 41.7 Å².